The average molecular weight is 233 g/mol. The van der Waals surface area contributed by atoms with Crippen LogP contribution in [-0.2, 0) is 0 Å². The molecule has 0 bridgehead atoms. The van der Waals surface area contributed by atoms with E-state index in [1.807, 2.05) is 19.0 Å². The van der Waals surface area contributed by atoms with Crippen LogP contribution in [0.1, 0.15) is 0 Å². The monoisotopic (exact) mass is 233 g/mol. The van der Waals surface area contributed by atoms with E-state index in [0.29, 0.717) is 23.5 Å². The predicted molar refractivity (Wildman–Crippen MR) is 65.3 cm³/mol. The molecule has 0 saturated heterocycles. The highest BCUT2D eigenvalue weighted by Gasteiger charge is 2.01. The van der Waals surface area contributed by atoms with Gasteiger partial charge in [0.05, 0.1) is 17.2 Å². The predicted octanol–water partition coefficient (Wildman–Crippen LogP) is 1.28. The van der Waals surface area contributed by atoms with E-state index in [-0.39, 0.29) is 5.75 Å². The highest BCUT2D eigenvalue weighted by molar-refractivity contribution is 5.75. The molecule has 17 heavy (non-hydrogen) atoms. The molecule has 0 aliphatic rings. The number of benzene rings is 1. The molecule has 0 aliphatic carbocycles. The maximum Gasteiger partial charge on any atom is 0.232 e. The highest BCUT2D eigenvalue weighted by atomic mass is 16.5. The Balaban J connectivity index is 2.12. The molecule has 1 heterocycles. The zero-order chi connectivity index (χ0) is 12.3. The Labute approximate surface area is 99.7 Å². The van der Waals surface area contributed by atoms with Gasteiger partial charge < -0.3 is 14.7 Å². The molecule has 0 amide bonds. The first kappa shape index (κ1) is 11.6. The third-order valence-corrected chi connectivity index (χ3v) is 2.29. The van der Waals surface area contributed by atoms with Gasteiger partial charge in [-0.3, -0.25) is 0 Å². The number of nitrogens with zero attached hydrogens (tertiary/aromatic N) is 3. The van der Waals surface area contributed by atoms with Gasteiger partial charge in [-0.2, -0.15) is 0 Å². The second kappa shape index (κ2) is 4.97. The molecule has 1 N–H and O–H groups in total. The van der Waals surface area contributed by atoms with Crippen LogP contribution in [0.3, 0.4) is 0 Å². The Kier molecular flexibility index (Phi) is 3.39. The summed E-state index contributed by atoms with van der Waals surface area (Å²) in [5.41, 5.74) is 1.37. The molecule has 5 nitrogen and oxygen atoms in total. The van der Waals surface area contributed by atoms with Crippen molar-refractivity contribution in [1.82, 2.24) is 14.9 Å². The SMILES string of the molecule is CN(C)CCOc1cnc2cc(O)ccc2n1. The Bertz CT molecular complexity index is 514. The first-order valence-corrected chi connectivity index (χ1v) is 5.38. The van der Waals surface area contributed by atoms with Crippen molar-refractivity contribution in [3.05, 3.63) is 24.4 Å². The van der Waals surface area contributed by atoms with Crippen LogP contribution in [0.2, 0.25) is 0 Å². The van der Waals surface area contributed by atoms with Crippen molar-refractivity contribution in [1.29, 1.82) is 0 Å². The minimum absolute atomic E-state index is 0.188. The normalized spacial score (nSPS) is 11.0. The molecule has 0 unspecified atom stereocenters. The molecule has 1 aromatic heterocycles. The summed E-state index contributed by atoms with van der Waals surface area (Å²) in [4.78, 5) is 10.5. The summed E-state index contributed by atoms with van der Waals surface area (Å²) in [5.74, 6) is 0.693. The Morgan fingerprint density at radius 1 is 1.29 bits per heavy atom. The van der Waals surface area contributed by atoms with Crippen molar-refractivity contribution >= 4 is 11.0 Å². The Morgan fingerprint density at radius 3 is 2.88 bits per heavy atom. The summed E-state index contributed by atoms with van der Waals surface area (Å²) in [6.45, 7) is 1.40. The number of phenols is 1. The fraction of sp³-hybridized carbons (Fsp3) is 0.333. The van der Waals surface area contributed by atoms with E-state index in [9.17, 15) is 5.11 Å². The molecular weight excluding hydrogens is 218 g/mol. The first-order chi connectivity index (χ1) is 8.15. The van der Waals surface area contributed by atoms with Gasteiger partial charge in [0.15, 0.2) is 0 Å². The second-order valence-corrected chi connectivity index (χ2v) is 4.03. The van der Waals surface area contributed by atoms with Gasteiger partial charge in [0, 0.05) is 12.6 Å². The van der Waals surface area contributed by atoms with Crippen molar-refractivity contribution in [2.45, 2.75) is 0 Å². The molecule has 0 aliphatic heterocycles. The van der Waals surface area contributed by atoms with Gasteiger partial charge in [-0.15, -0.1) is 0 Å². The second-order valence-electron chi connectivity index (χ2n) is 4.03. The molecule has 0 spiro atoms. The van der Waals surface area contributed by atoms with Gasteiger partial charge in [0.25, 0.3) is 0 Å². The van der Waals surface area contributed by atoms with Crippen molar-refractivity contribution in [3.8, 4) is 11.6 Å². The van der Waals surface area contributed by atoms with Crippen molar-refractivity contribution in [3.63, 3.8) is 0 Å². The maximum absolute atomic E-state index is 9.30. The molecule has 90 valence electrons. The van der Waals surface area contributed by atoms with Crippen LogP contribution >= 0.6 is 0 Å². The Hall–Kier alpha value is -1.88. The number of likely N-dealkylation sites (N-methyl/N-ethyl adjacent to an activating group) is 1. The smallest absolute Gasteiger partial charge is 0.232 e. The van der Waals surface area contributed by atoms with E-state index >= 15 is 0 Å². The van der Waals surface area contributed by atoms with Gasteiger partial charge in [0.2, 0.25) is 5.88 Å². The number of hydrogen-bond donors (Lipinski definition) is 1. The molecule has 0 fully saturated rings. The number of rotatable bonds is 4. The van der Waals surface area contributed by atoms with Crippen molar-refractivity contribution in [2.24, 2.45) is 0 Å². The summed E-state index contributed by atoms with van der Waals surface area (Å²) in [6, 6.07) is 4.88. The first-order valence-electron chi connectivity index (χ1n) is 5.38. The lowest BCUT2D eigenvalue weighted by Gasteiger charge is -2.10. The van der Waals surface area contributed by atoms with Crippen LogP contribution in [0.4, 0.5) is 0 Å². The van der Waals surface area contributed by atoms with Crippen molar-refractivity contribution < 1.29 is 9.84 Å². The highest BCUT2D eigenvalue weighted by Crippen LogP contribution is 2.18. The molecule has 0 saturated carbocycles. The molecule has 2 rings (SSSR count). The molecule has 0 atom stereocenters. The van der Waals surface area contributed by atoms with Gasteiger partial charge in [0.1, 0.15) is 12.4 Å². The minimum Gasteiger partial charge on any atom is -0.508 e. The van der Waals surface area contributed by atoms with Gasteiger partial charge >= 0.3 is 0 Å². The lowest BCUT2D eigenvalue weighted by Crippen LogP contribution is -2.19. The van der Waals surface area contributed by atoms with E-state index in [4.69, 9.17) is 4.74 Å². The summed E-state index contributed by atoms with van der Waals surface area (Å²) < 4.78 is 5.48. The van der Waals surface area contributed by atoms with Gasteiger partial charge in [-0.1, -0.05) is 0 Å². The summed E-state index contributed by atoms with van der Waals surface area (Å²) in [5, 5.41) is 9.30. The fourth-order valence-electron chi connectivity index (χ4n) is 1.38. The maximum atomic E-state index is 9.30. The molecule has 2 aromatic rings. The number of phenolic OH excluding ortho intramolecular Hbond substituents is 1. The summed E-state index contributed by atoms with van der Waals surface area (Å²) in [6.07, 6.45) is 1.57. The van der Waals surface area contributed by atoms with E-state index in [1.54, 1.807) is 24.4 Å². The van der Waals surface area contributed by atoms with Crippen LogP contribution in [0.15, 0.2) is 24.4 Å². The number of aromatic nitrogens is 2. The lowest BCUT2D eigenvalue weighted by atomic mass is 10.3. The van der Waals surface area contributed by atoms with Gasteiger partial charge in [-0.05, 0) is 26.2 Å². The van der Waals surface area contributed by atoms with Crippen LogP contribution in [0.5, 0.6) is 11.6 Å². The molecule has 0 radical (unpaired) electrons. The van der Waals surface area contributed by atoms with Crippen LogP contribution < -0.4 is 4.74 Å². The van der Waals surface area contributed by atoms with E-state index < -0.39 is 0 Å². The lowest BCUT2D eigenvalue weighted by molar-refractivity contribution is 0.254. The average Bonchev–Trinajstić information content (AvgIpc) is 2.29. The standard InChI is InChI=1S/C12H15N3O2/c1-15(2)5-6-17-12-8-13-11-7-9(16)3-4-10(11)14-12/h3-4,7-8,16H,5-6H2,1-2H3. The van der Waals surface area contributed by atoms with Crippen LogP contribution in [0, 0.1) is 0 Å². The summed E-state index contributed by atoms with van der Waals surface area (Å²) in [7, 11) is 3.97. The van der Waals surface area contributed by atoms with E-state index in [0.717, 1.165) is 6.54 Å². The van der Waals surface area contributed by atoms with Gasteiger partial charge in [-0.25, -0.2) is 9.97 Å². The number of hydrogen-bond acceptors (Lipinski definition) is 5. The van der Waals surface area contributed by atoms with Crippen LogP contribution in [0.25, 0.3) is 11.0 Å². The third-order valence-electron chi connectivity index (χ3n) is 2.29. The topological polar surface area (TPSA) is 58.5 Å². The fourth-order valence-corrected chi connectivity index (χ4v) is 1.38. The quantitative estimate of drug-likeness (QED) is 0.862. The molecular formula is C12H15N3O2. The molecule has 5 heteroatoms. The Morgan fingerprint density at radius 2 is 2.12 bits per heavy atom. The van der Waals surface area contributed by atoms with E-state index in [2.05, 4.69) is 9.97 Å². The van der Waals surface area contributed by atoms with Crippen LogP contribution in [-0.4, -0.2) is 47.2 Å². The zero-order valence-corrected chi connectivity index (χ0v) is 9.92. The largest absolute Gasteiger partial charge is 0.508 e. The minimum atomic E-state index is 0.188. The zero-order valence-electron chi connectivity index (χ0n) is 9.92. The number of aromatic hydroxyl groups is 1. The van der Waals surface area contributed by atoms with Crippen molar-refractivity contribution in [2.75, 3.05) is 27.2 Å². The third kappa shape index (κ3) is 3.04. The number of fused-ring (bicyclic) bond motifs is 1. The molecule has 1 aromatic carbocycles. The summed E-state index contributed by atoms with van der Waals surface area (Å²) >= 11 is 0. The number of ether oxygens (including phenoxy) is 1. The van der Waals surface area contributed by atoms with E-state index in [1.165, 1.54) is 0 Å².